The first kappa shape index (κ1) is 17.2. The molecule has 3 aromatic rings. The number of thiazole rings is 1. The summed E-state index contributed by atoms with van der Waals surface area (Å²) in [5, 5.41) is 10.7. The summed E-state index contributed by atoms with van der Waals surface area (Å²) >= 11 is 1.66. The summed E-state index contributed by atoms with van der Waals surface area (Å²) in [7, 11) is 1.97. The Hall–Kier alpha value is -2.25. The van der Waals surface area contributed by atoms with Crippen LogP contribution in [-0.2, 0) is 13.6 Å². The lowest BCUT2D eigenvalue weighted by atomic mass is 9.95. The van der Waals surface area contributed by atoms with Crippen LogP contribution in [0.3, 0.4) is 0 Å². The molecule has 0 aromatic carbocycles. The second kappa shape index (κ2) is 7.55. The number of hydrogen-bond donors (Lipinski definition) is 1. The highest BCUT2D eigenvalue weighted by molar-refractivity contribution is 7.13. The second-order valence-corrected chi connectivity index (χ2v) is 7.88. The van der Waals surface area contributed by atoms with Crippen LogP contribution >= 0.6 is 11.3 Å². The lowest BCUT2D eigenvalue weighted by molar-refractivity contribution is 0.199. The second-order valence-electron chi connectivity index (χ2n) is 7.02. The van der Waals surface area contributed by atoms with E-state index in [1.54, 1.807) is 11.3 Å². The Morgan fingerprint density at radius 3 is 3.00 bits per heavy atom. The molecule has 0 spiro atoms. The quantitative estimate of drug-likeness (QED) is 0.744. The van der Waals surface area contributed by atoms with Crippen molar-refractivity contribution in [1.82, 2.24) is 24.6 Å². The van der Waals surface area contributed by atoms with Crippen molar-refractivity contribution in [3.8, 4) is 0 Å². The number of aryl methyl sites for hydroxylation is 2. The van der Waals surface area contributed by atoms with Gasteiger partial charge in [0.05, 0.1) is 11.9 Å². The third kappa shape index (κ3) is 4.11. The van der Waals surface area contributed by atoms with Crippen molar-refractivity contribution in [2.24, 2.45) is 7.05 Å². The number of likely N-dealkylation sites (tertiary alicyclic amines) is 1. The predicted molar refractivity (Wildman–Crippen MR) is 105 cm³/mol. The summed E-state index contributed by atoms with van der Waals surface area (Å²) in [4.78, 5) is 11.7. The number of aromatic nitrogens is 4. The third-order valence-electron chi connectivity index (χ3n) is 4.76. The van der Waals surface area contributed by atoms with E-state index in [0.29, 0.717) is 5.92 Å². The van der Waals surface area contributed by atoms with Crippen molar-refractivity contribution in [2.75, 3.05) is 18.4 Å². The van der Waals surface area contributed by atoms with Gasteiger partial charge in [-0.3, -0.25) is 9.58 Å². The number of nitrogens with zero attached hydrogens (tertiary/aromatic N) is 5. The molecule has 0 amide bonds. The average molecular weight is 369 g/mol. The van der Waals surface area contributed by atoms with Gasteiger partial charge in [0.15, 0.2) is 5.13 Å². The molecule has 6 nitrogen and oxygen atoms in total. The maximum Gasteiger partial charge on any atom is 0.188 e. The number of rotatable bonds is 5. The Bertz CT molecular complexity index is 853. The van der Waals surface area contributed by atoms with Crippen LogP contribution in [0.4, 0.5) is 10.9 Å². The van der Waals surface area contributed by atoms with E-state index in [-0.39, 0.29) is 0 Å². The summed E-state index contributed by atoms with van der Waals surface area (Å²) in [6.45, 7) is 5.21. The SMILES string of the molecule is Cc1ccc(Nc2nc([C@H]3CCCN(Cc4cnn(C)c4)C3)cs2)nc1. The monoisotopic (exact) mass is 368 g/mol. The van der Waals surface area contributed by atoms with Crippen molar-refractivity contribution < 1.29 is 0 Å². The van der Waals surface area contributed by atoms with Crippen LogP contribution in [0.25, 0.3) is 0 Å². The highest BCUT2D eigenvalue weighted by Gasteiger charge is 2.23. The van der Waals surface area contributed by atoms with Gasteiger partial charge in [0, 0.05) is 49.4 Å². The normalized spacial score (nSPS) is 18.2. The van der Waals surface area contributed by atoms with Gasteiger partial charge in [-0.25, -0.2) is 9.97 Å². The summed E-state index contributed by atoms with van der Waals surface area (Å²) in [5.41, 5.74) is 3.63. The van der Waals surface area contributed by atoms with E-state index in [9.17, 15) is 0 Å². The average Bonchev–Trinajstić information content (AvgIpc) is 3.26. The Morgan fingerprint density at radius 1 is 1.31 bits per heavy atom. The highest BCUT2D eigenvalue weighted by Crippen LogP contribution is 2.31. The van der Waals surface area contributed by atoms with Gasteiger partial charge >= 0.3 is 0 Å². The molecule has 1 aliphatic rings. The van der Waals surface area contributed by atoms with Gasteiger partial charge in [0.1, 0.15) is 5.82 Å². The van der Waals surface area contributed by atoms with E-state index in [4.69, 9.17) is 4.98 Å². The molecule has 136 valence electrons. The van der Waals surface area contributed by atoms with Crippen LogP contribution in [0.2, 0.25) is 0 Å². The van der Waals surface area contributed by atoms with Crippen LogP contribution in [-0.4, -0.2) is 37.7 Å². The Morgan fingerprint density at radius 2 is 2.23 bits per heavy atom. The zero-order chi connectivity index (χ0) is 17.9. The van der Waals surface area contributed by atoms with Gasteiger partial charge in [-0.2, -0.15) is 5.10 Å². The van der Waals surface area contributed by atoms with Gasteiger partial charge < -0.3 is 5.32 Å². The van der Waals surface area contributed by atoms with E-state index in [2.05, 4.69) is 37.9 Å². The minimum Gasteiger partial charge on any atom is -0.316 e. The minimum absolute atomic E-state index is 0.498. The highest BCUT2D eigenvalue weighted by atomic mass is 32.1. The topological polar surface area (TPSA) is 58.9 Å². The van der Waals surface area contributed by atoms with E-state index < -0.39 is 0 Å². The molecular weight excluding hydrogens is 344 g/mol. The first-order valence-electron chi connectivity index (χ1n) is 9.01. The zero-order valence-corrected chi connectivity index (χ0v) is 16.0. The zero-order valence-electron chi connectivity index (χ0n) is 15.2. The minimum atomic E-state index is 0.498. The number of anilines is 2. The van der Waals surface area contributed by atoms with E-state index in [0.717, 1.165) is 36.1 Å². The van der Waals surface area contributed by atoms with Crippen LogP contribution < -0.4 is 5.32 Å². The van der Waals surface area contributed by atoms with Crippen molar-refractivity contribution in [3.63, 3.8) is 0 Å². The van der Waals surface area contributed by atoms with Crippen LogP contribution in [0.5, 0.6) is 0 Å². The van der Waals surface area contributed by atoms with Crippen LogP contribution in [0.15, 0.2) is 36.1 Å². The fourth-order valence-electron chi connectivity index (χ4n) is 3.43. The summed E-state index contributed by atoms with van der Waals surface area (Å²) in [6.07, 6.45) is 8.35. The molecule has 1 atom stereocenters. The standard InChI is InChI=1S/C19H24N6S/c1-14-5-6-18(20-8-14)23-19-22-17(13-26-19)16-4-3-7-25(12-16)11-15-9-21-24(2)10-15/h5-6,8-10,13,16H,3-4,7,11-12H2,1-2H3,(H,20,22,23)/t16-/m0/s1. The molecule has 1 N–H and O–H groups in total. The number of piperidine rings is 1. The van der Waals surface area contributed by atoms with Gasteiger partial charge in [-0.05, 0) is 37.9 Å². The maximum atomic E-state index is 4.82. The van der Waals surface area contributed by atoms with Gasteiger partial charge in [0.2, 0.25) is 0 Å². The van der Waals surface area contributed by atoms with E-state index >= 15 is 0 Å². The molecule has 4 rings (SSSR count). The number of pyridine rings is 1. The lowest BCUT2D eigenvalue weighted by Gasteiger charge is -2.31. The van der Waals surface area contributed by atoms with Gasteiger partial charge in [-0.1, -0.05) is 6.07 Å². The van der Waals surface area contributed by atoms with Gasteiger partial charge in [0.25, 0.3) is 0 Å². The first-order valence-corrected chi connectivity index (χ1v) is 9.88. The maximum absolute atomic E-state index is 4.82. The largest absolute Gasteiger partial charge is 0.316 e. The molecule has 4 heterocycles. The fourth-order valence-corrected chi connectivity index (χ4v) is 4.23. The smallest absolute Gasteiger partial charge is 0.188 e. The molecule has 0 aliphatic carbocycles. The van der Waals surface area contributed by atoms with Crippen molar-refractivity contribution in [3.05, 3.63) is 52.9 Å². The predicted octanol–water partition coefficient (Wildman–Crippen LogP) is 3.70. The molecule has 0 saturated carbocycles. The van der Waals surface area contributed by atoms with Crippen LogP contribution in [0, 0.1) is 6.92 Å². The van der Waals surface area contributed by atoms with E-state index in [1.165, 1.54) is 24.1 Å². The first-order chi connectivity index (χ1) is 12.7. The third-order valence-corrected chi connectivity index (χ3v) is 5.53. The number of nitrogens with one attached hydrogen (secondary N) is 1. The molecule has 1 aliphatic heterocycles. The molecule has 0 bridgehead atoms. The van der Waals surface area contributed by atoms with E-state index in [1.807, 2.05) is 37.1 Å². The van der Waals surface area contributed by atoms with Crippen molar-refractivity contribution >= 4 is 22.3 Å². The molecule has 26 heavy (non-hydrogen) atoms. The summed E-state index contributed by atoms with van der Waals surface area (Å²) in [5.74, 6) is 1.34. The molecule has 0 unspecified atom stereocenters. The molecule has 1 saturated heterocycles. The fraction of sp³-hybridized carbons (Fsp3) is 0.421. The van der Waals surface area contributed by atoms with Gasteiger partial charge in [-0.15, -0.1) is 11.3 Å². The number of hydrogen-bond acceptors (Lipinski definition) is 6. The summed E-state index contributed by atoms with van der Waals surface area (Å²) in [6, 6.07) is 4.05. The molecular formula is C19H24N6S. The Labute approximate surface area is 157 Å². The molecule has 3 aromatic heterocycles. The molecule has 7 heteroatoms. The molecule has 0 radical (unpaired) electrons. The van der Waals surface area contributed by atoms with Crippen molar-refractivity contribution in [1.29, 1.82) is 0 Å². The Balaban J connectivity index is 1.39. The molecule has 1 fully saturated rings. The van der Waals surface area contributed by atoms with Crippen LogP contribution in [0.1, 0.15) is 35.6 Å². The summed E-state index contributed by atoms with van der Waals surface area (Å²) < 4.78 is 1.87. The Kier molecular flexibility index (Phi) is 4.99. The lowest BCUT2D eigenvalue weighted by Crippen LogP contribution is -2.33. The van der Waals surface area contributed by atoms with Crippen molar-refractivity contribution in [2.45, 2.75) is 32.2 Å².